The molecule has 0 aliphatic rings. The van der Waals surface area contributed by atoms with Crippen molar-refractivity contribution in [2.75, 3.05) is 6.61 Å². The molecule has 0 atom stereocenters. The molecule has 0 aliphatic carbocycles. The van der Waals surface area contributed by atoms with Crippen LogP contribution >= 0.6 is 0 Å². The second-order valence-corrected chi connectivity index (χ2v) is 5.13. The third-order valence-electron chi connectivity index (χ3n) is 3.45. The third kappa shape index (κ3) is 3.42. The highest BCUT2D eigenvalue weighted by Crippen LogP contribution is 2.26. The summed E-state index contributed by atoms with van der Waals surface area (Å²) >= 11 is 0. The molecular formula is C19H22N2O. The van der Waals surface area contributed by atoms with E-state index in [0.29, 0.717) is 12.5 Å². The van der Waals surface area contributed by atoms with Crippen LogP contribution in [-0.2, 0) is 0 Å². The molecule has 2 aromatic heterocycles. The Morgan fingerprint density at radius 1 is 1.27 bits per heavy atom. The van der Waals surface area contributed by atoms with Crippen LogP contribution in [0.1, 0.15) is 32.0 Å². The van der Waals surface area contributed by atoms with Gasteiger partial charge >= 0.3 is 0 Å². The molecule has 114 valence electrons. The van der Waals surface area contributed by atoms with Gasteiger partial charge in [-0.15, -0.1) is 0 Å². The number of hydrogen-bond acceptors (Lipinski definition) is 3. The van der Waals surface area contributed by atoms with Crippen LogP contribution in [0.15, 0.2) is 48.7 Å². The smallest absolute Gasteiger partial charge is 0.213 e. The largest absolute Gasteiger partial charge is 0.478 e. The lowest BCUT2D eigenvalue weighted by Gasteiger charge is -2.11. The van der Waals surface area contributed by atoms with E-state index < -0.39 is 0 Å². The summed E-state index contributed by atoms with van der Waals surface area (Å²) in [7, 11) is 0. The molecule has 0 N–H and O–H groups in total. The SMILES string of the molecule is C=C(C)/C(=C/C)c1ccc(-c2ccc(OCC)nc2)nc1C. The standard InChI is InChI=1S/C19H22N2O/c1-6-16(13(3)4)17-9-10-18(21-14(17)5)15-8-11-19(20-12-15)22-7-2/h6,8-12H,3,7H2,1-2,4-5H3/b16-6-. The zero-order chi connectivity index (χ0) is 16.1. The molecular weight excluding hydrogens is 272 g/mol. The van der Waals surface area contributed by atoms with Gasteiger partial charge < -0.3 is 4.74 Å². The molecule has 0 unspecified atom stereocenters. The molecule has 0 amide bonds. The van der Waals surface area contributed by atoms with Crippen LogP contribution < -0.4 is 4.74 Å². The summed E-state index contributed by atoms with van der Waals surface area (Å²) in [6, 6.07) is 7.97. The number of aromatic nitrogens is 2. The van der Waals surface area contributed by atoms with Crippen LogP contribution in [0.25, 0.3) is 16.8 Å². The highest BCUT2D eigenvalue weighted by molar-refractivity contribution is 5.79. The first-order chi connectivity index (χ1) is 10.6. The molecule has 3 nitrogen and oxygen atoms in total. The predicted molar refractivity (Wildman–Crippen MR) is 91.8 cm³/mol. The summed E-state index contributed by atoms with van der Waals surface area (Å²) in [4.78, 5) is 9.00. The van der Waals surface area contributed by atoms with Gasteiger partial charge in [-0.05, 0) is 45.4 Å². The number of hydrogen-bond donors (Lipinski definition) is 0. The summed E-state index contributed by atoms with van der Waals surface area (Å²) in [6.07, 6.45) is 3.87. The van der Waals surface area contributed by atoms with E-state index in [4.69, 9.17) is 9.72 Å². The highest BCUT2D eigenvalue weighted by atomic mass is 16.5. The number of nitrogens with zero attached hydrogens (tertiary/aromatic N) is 2. The molecule has 0 radical (unpaired) electrons. The molecule has 0 aliphatic heterocycles. The number of aryl methyl sites for hydroxylation is 1. The second kappa shape index (κ2) is 7.03. The quantitative estimate of drug-likeness (QED) is 0.741. The fraction of sp³-hybridized carbons (Fsp3) is 0.263. The van der Waals surface area contributed by atoms with Crippen LogP contribution in [0.3, 0.4) is 0 Å². The topological polar surface area (TPSA) is 35.0 Å². The first-order valence-corrected chi connectivity index (χ1v) is 7.46. The van der Waals surface area contributed by atoms with Crippen LogP contribution in [0.2, 0.25) is 0 Å². The van der Waals surface area contributed by atoms with Crippen molar-refractivity contribution in [1.29, 1.82) is 0 Å². The minimum Gasteiger partial charge on any atom is -0.478 e. The lowest BCUT2D eigenvalue weighted by molar-refractivity contribution is 0.327. The zero-order valence-corrected chi connectivity index (χ0v) is 13.7. The molecule has 0 spiro atoms. The van der Waals surface area contributed by atoms with E-state index in [-0.39, 0.29) is 0 Å². The van der Waals surface area contributed by atoms with Gasteiger partial charge in [-0.3, -0.25) is 4.98 Å². The number of rotatable bonds is 5. The van der Waals surface area contributed by atoms with Crippen molar-refractivity contribution in [1.82, 2.24) is 9.97 Å². The maximum absolute atomic E-state index is 5.36. The Balaban J connectivity index is 2.35. The first kappa shape index (κ1) is 16.0. The van der Waals surface area contributed by atoms with E-state index in [1.807, 2.05) is 45.9 Å². The van der Waals surface area contributed by atoms with Gasteiger partial charge in [0.1, 0.15) is 0 Å². The van der Waals surface area contributed by atoms with Gasteiger partial charge in [0, 0.05) is 29.1 Å². The van der Waals surface area contributed by atoms with Gasteiger partial charge in [-0.25, -0.2) is 4.98 Å². The third-order valence-corrected chi connectivity index (χ3v) is 3.45. The van der Waals surface area contributed by atoms with Crippen molar-refractivity contribution in [2.45, 2.75) is 27.7 Å². The Morgan fingerprint density at radius 3 is 2.55 bits per heavy atom. The summed E-state index contributed by atoms with van der Waals surface area (Å²) in [6.45, 7) is 12.6. The van der Waals surface area contributed by atoms with Gasteiger partial charge in [0.05, 0.1) is 12.3 Å². The minimum atomic E-state index is 0.617. The van der Waals surface area contributed by atoms with E-state index in [1.165, 1.54) is 0 Å². The number of pyridine rings is 2. The molecule has 3 heteroatoms. The summed E-state index contributed by atoms with van der Waals surface area (Å²) in [5.74, 6) is 0.637. The molecule has 0 saturated carbocycles. The fourth-order valence-corrected chi connectivity index (χ4v) is 2.40. The number of allylic oxidation sites excluding steroid dienone is 3. The average Bonchev–Trinajstić information content (AvgIpc) is 2.50. The normalized spacial score (nSPS) is 11.4. The van der Waals surface area contributed by atoms with Gasteiger partial charge in [0.25, 0.3) is 0 Å². The minimum absolute atomic E-state index is 0.617. The zero-order valence-electron chi connectivity index (χ0n) is 13.7. The summed E-state index contributed by atoms with van der Waals surface area (Å²) < 4.78 is 5.36. The van der Waals surface area contributed by atoms with Crippen LogP contribution in [0.5, 0.6) is 5.88 Å². The van der Waals surface area contributed by atoms with Crippen LogP contribution in [0, 0.1) is 6.92 Å². The van der Waals surface area contributed by atoms with Gasteiger partial charge in [-0.2, -0.15) is 0 Å². The molecule has 22 heavy (non-hydrogen) atoms. The Bertz CT molecular complexity index is 700. The predicted octanol–water partition coefficient (Wildman–Crippen LogP) is 4.83. The van der Waals surface area contributed by atoms with Gasteiger partial charge in [0.2, 0.25) is 5.88 Å². The van der Waals surface area contributed by atoms with Gasteiger partial charge in [-0.1, -0.05) is 24.3 Å². The lowest BCUT2D eigenvalue weighted by atomic mass is 9.98. The Labute approximate surface area is 132 Å². The van der Waals surface area contributed by atoms with E-state index in [1.54, 1.807) is 6.20 Å². The maximum Gasteiger partial charge on any atom is 0.213 e. The highest BCUT2D eigenvalue weighted by Gasteiger charge is 2.09. The lowest BCUT2D eigenvalue weighted by Crippen LogP contribution is -1.97. The van der Waals surface area contributed by atoms with Crippen molar-refractivity contribution in [2.24, 2.45) is 0 Å². The van der Waals surface area contributed by atoms with E-state index in [2.05, 4.69) is 23.7 Å². The second-order valence-electron chi connectivity index (χ2n) is 5.13. The van der Waals surface area contributed by atoms with Crippen molar-refractivity contribution in [3.8, 4) is 17.1 Å². The molecule has 0 bridgehead atoms. The molecule has 2 heterocycles. The average molecular weight is 294 g/mol. The Hall–Kier alpha value is -2.42. The Kier molecular flexibility index (Phi) is 5.10. The number of ether oxygens (including phenoxy) is 1. The first-order valence-electron chi connectivity index (χ1n) is 7.46. The van der Waals surface area contributed by atoms with Crippen LogP contribution in [-0.4, -0.2) is 16.6 Å². The molecule has 0 fully saturated rings. The summed E-state index contributed by atoms with van der Waals surface area (Å²) in [5.41, 5.74) is 6.19. The van der Waals surface area contributed by atoms with E-state index in [0.717, 1.165) is 33.7 Å². The van der Waals surface area contributed by atoms with Gasteiger partial charge in [0.15, 0.2) is 0 Å². The molecule has 2 aromatic rings. The van der Waals surface area contributed by atoms with Crippen molar-refractivity contribution < 1.29 is 4.74 Å². The molecule has 0 saturated heterocycles. The van der Waals surface area contributed by atoms with E-state index in [9.17, 15) is 0 Å². The summed E-state index contributed by atoms with van der Waals surface area (Å²) in [5, 5.41) is 0. The molecule has 2 rings (SSSR count). The monoisotopic (exact) mass is 294 g/mol. The fourth-order valence-electron chi connectivity index (χ4n) is 2.40. The maximum atomic E-state index is 5.36. The molecule has 0 aromatic carbocycles. The van der Waals surface area contributed by atoms with Crippen LogP contribution in [0.4, 0.5) is 0 Å². The Morgan fingerprint density at radius 2 is 2.05 bits per heavy atom. The van der Waals surface area contributed by atoms with Crippen molar-refractivity contribution in [3.63, 3.8) is 0 Å². The van der Waals surface area contributed by atoms with Crippen molar-refractivity contribution in [3.05, 3.63) is 59.9 Å². The van der Waals surface area contributed by atoms with Crippen molar-refractivity contribution >= 4 is 5.57 Å². The van der Waals surface area contributed by atoms with E-state index >= 15 is 0 Å².